The van der Waals surface area contributed by atoms with Crippen LogP contribution in [0.25, 0.3) is 0 Å². The van der Waals surface area contributed by atoms with Crippen LogP contribution in [0.15, 0.2) is 47.5 Å². The maximum atomic E-state index is 12.0. The first-order valence-corrected chi connectivity index (χ1v) is 5.98. The maximum Gasteiger partial charge on any atom is 0.260 e. The van der Waals surface area contributed by atoms with Gasteiger partial charge in [0.15, 0.2) is 0 Å². The average Bonchev–Trinajstić information content (AvgIpc) is 2.38. The fraction of sp³-hybridized carbons (Fsp3) is 0.154. The van der Waals surface area contributed by atoms with Gasteiger partial charge in [-0.05, 0) is 24.3 Å². The van der Waals surface area contributed by atoms with Gasteiger partial charge in [-0.25, -0.2) is 0 Å². The average molecular weight is 259 g/mol. The van der Waals surface area contributed by atoms with Crippen LogP contribution in [0.4, 0.5) is 0 Å². The summed E-state index contributed by atoms with van der Waals surface area (Å²) in [7, 11) is 0. The molecule has 0 saturated heterocycles. The van der Waals surface area contributed by atoms with Gasteiger partial charge in [0, 0.05) is 31.1 Å². The maximum absolute atomic E-state index is 12.0. The Balaban J connectivity index is 2.18. The number of hydrogen-bond acceptors (Lipinski definition) is 3. The van der Waals surface area contributed by atoms with Crippen molar-refractivity contribution in [1.29, 1.82) is 0 Å². The third-order valence-electron chi connectivity index (χ3n) is 2.62. The highest BCUT2D eigenvalue weighted by Crippen LogP contribution is 1.98. The molecule has 2 rings (SSSR count). The molecule has 18 heavy (non-hydrogen) atoms. The molecule has 0 atom stereocenters. The van der Waals surface area contributed by atoms with E-state index in [1.165, 1.54) is 0 Å². The second-order valence-electron chi connectivity index (χ2n) is 3.86. The molecule has 0 fully saturated rings. The zero-order chi connectivity index (χ0) is 13.0. The van der Waals surface area contributed by atoms with Crippen LogP contribution in [0, 0.1) is 0 Å². The van der Waals surface area contributed by atoms with Gasteiger partial charge in [0.25, 0.3) is 5.56 Å². The summed E-state index contributed by atoms with van der Waals surface area (Å²) < 4.78 is 1.60. The summed E-state index contributed by atoms with van der Waals surface area (Å²) >= 11 is 4.84. The van der Waals surface area contributed by atoms with E-state index >= 15 is 0 Å². The first-order valence-electron chi connectivity index (χ1n) is 5.57. The molecule has 2 heterocycles. The smallest absolute Gasteiger partial charge is 0.260 e. The van der Waals surface area contributed by atoms with Gasteiger partial charge in [0.1, 0.15) is 4.99 Å². The molecule has 5 heteroatoms. The van der Waals surface area contributed by atoms with E-state index in [1.807, 2.05) is 18.2 Å². The van der Waals surface area contributed by atoms with Gasteiger partial charge in [0.2, 0.25) is 0 Å². The molecule has 0 bridgehead atoms. The van der Waals surface area contributed by atoms with Gasteiger partial charge in [-0.3, -0.25) is 9.78 Å². The van der Waals surface area contributed by atoms with Crippen LogP contribution in [0.3, 0.4) is 0 Å². The summed E-state index contributed by atoms with van der Waals surface area (Å²) in [6.45, 7) is 0.562. The highest BCUT2D eigenvalue weighted by Gasteiger charge is 2.05. The van der Waals surface area contributed by atoms with Crippen molar-refractivity contribution in [2.75, 3.05) is 0 Å². The van der Waals surface area contributed by atoms with Crippen LogP contribution in [-0.4, -0.2) is 14.5 Å². The second kappa shape index (κ2) is 5.55. The molecule has 2 N–H and O–H groups in total. The Kier molecular flexibility index (Phi) is 3.84. The van der Waals surface area contributed by atoms with Crippen molar-refractivity contribution >= 4 is 17.2 Å². The van der Waals surface area contributed by atoms with Gasteiger partial charge in [-0.1, -0.05) is 18.3 Å². The second-order valence-corrected chi connectivity index (χ2v) is 4.30. The zero-order valence-electron chi connectivity index (χ0n) is 9.74. The minimum Gasteiger partial charge on any atom is -0.389 e. The first-order chi connectivity index (χ1) is 8.68. The van der Waals surface area contributed by atoms with Crippen LogP contribution in [0.1, 0.15) is 11.3 Å². The van der Waals surface area contributed by atoms with E-state index < -0.39 is 0 Å². The molecule has 2 aromatic heterocycles. The molecule has 0 amide bonds. The summed E-state index contributed by atoms with van der Waals surface area (Å²) in [5, 5.41) is 0. The third-order valence-corrected chi connectivity index (χ3v) is 2.84. The lowest BCUT2D eigenvalue weighted by molar-refractivity contribution is 0.659. The van der Waals surface area contributed by atoms with Crippen molar-refractivity contribution in [3.05, 3.63) is 64.3 Å². The van der Waals surface area contributed by atoms with Crippen molar-refractivity contribution < 1.29 is 0 Å². The number of aryl methyl sites for hydroxylation is 2. The third kappa shape index (κ3) is 2.81. The molecule has 92 valence electrons. The van der Waals surface area contributed by atoms with Gasteiger partial charge in [-0.15, -0.1) is 0 Å². The highest BCUT2D eigenvalue weighted by molar-refractivity contribution is 7.80. The number of hydrogen-bond donors (Lipinski definition) is 1. The molecule has 0 saturated carbocycles. The summed E-state index contributed by atoms with van der Waals surface area (Å²) in [5.74, 6) is 0. The van der Waals surface area contributed by atoms with Gasteiger partial charge in [0.05, 0.1) is 5.56 Å². The van der Waals surface area contributed by atoms with E-state index in [9.17, 15) is 4.79 Å². The molecule has 0 aliphatic heterocycles. The lowest BCUT2D eigenvalue weighted by atomic mass is 10.2. The van der Waals surface area contributed by atoms with Crippen LogP contribution in [-0.2, 0) is 13.0 Å². The molecule has 4 nitrogen and oxygen atoms in total. The number of nitrogens with two attached hydrogens (primary N) is 1. The van der Waals surface area contributed by atoms with Crippen LogP contribution < -0.4 is 11.3 Å². The topological polar surface area (TPSA) is 60.9 Å². The molecule has 0 unspecified atom stereocenters. The van der Waals surface area contributed by atoms with Crippen LogP contribution in [0.5, 0.6) is 0 Å². The normalized spacial score (nSPS) is 10.2. The van der Waals surface area contributed by atoms with Gasteiger partial charge in [-0.2, -0.15) is 0 Å². The standard InChI is InChI=1S/C13H13N3OS/c14-12(18)11-5-3-8-16(13(11)17)9-6-10-4-1-2-7-15-10/h1-5,7-8H,6,9H2,(H2,14,18). The molecule has 0 aliphatic carbocycles. The molecule has 0 aromatic carbocycles. The summed E-state index contributed by atoms with van der Waals surface area (Å²) in [6.07, 6.45) is 4.16. The molecular formula is C13H13N3OS. The Morgan fingerprint density at radius 2 is 2.17 bits per heavy atom. The van der Waals surface area contributed by atoms with Crippen molar-refractivity contribution in [2.24, 2.45) is 5.73 Å². The summed E-state index contributed by atoms with van der Waals surface area (Å²) in [4.78, 5) is 16.4. The molecule has 0 aliphatic rings. The summed E-state index contributed by atoms with van der Waals surface area (Å²) in [5.41, 5.74) is 6.68. The molecule has 0 spiro atoms. The van der Waals surface area contributed by atoms with Crippen molar-refractivity contribution in [1.82, 2.24) is 9.55 Å². The monoisotopic (exact) mass is 259 g/mol. The van der Waals surface area contributed by atoms with Gasteiger partial charge >= 0.3 is 0 Å². The Bertz CT molecular complexity index is 607. The Morgan fingerprint density at radius 3 is 2.83 bits per heavy atom. The number of thiocarbonyl (C=S) groups is 1. The van der Waals surface area contributed by atoms with Crippen molar-refractivity contribution in [2.45, 2.75) is 13.0 Å². The lowest BCUT2D eigenvalue weighted by Crippen LogP contribution is -2.29. The van der Waals surface area contributed by atoms with Crippen molar-refractivity contribution in [3.63, 3.8) is 0 Å². The van der Waals surface area contributed by atoms with Crippen molar-refractivity contribution in [3.8, 4) is 0 Å². The predicted octanol–water partition coefficient (Wildman–Crippen LogP) is 1.12. The van der Waals surface area contributed by atoms with E-state index in [1.54, 1.807) is 29.1 Å². The fourth-order valence-electron chi connectivity index (χ4n) is 1.68. The minimum absolute atomic E-state index is 0.132. The number of nitrogens with zero attached hydrogens (tertiary/aromatic N) is 2. The Hall–Kier alpha value is -2.01. The number of pyridine rings is 2. The minimum atomic E-state index is -0.152. The van der Waals surface area contributed by atoms with Crippen LogP contribution >= 0.6 is 12.2 Å². The largest absolute Gasteiger partial charge is 0.389 e. The van der Waals surface area contributed by atoms with E-state index in [4.69, 9.17) is 18.0 Å². The Labute approximate surface area is 110 Å². The van der Waals surface area contributed by atoms with Gasteiger partial charge < -0.3 is 10.3 Å². The molecule has 0 radical (unpaired) electrons. The quantitative estimate of drug-likeness (QED) is 0.836. The van der Waals surface area contributed by atoms with E-state index in [0.717, 1.165) is 5.69 Å². The fourth-order valence-corrected chi connectivity index (χ4v) is 1.84. The molecular weight excluding hydrogens is 246 g/mol. The zero-order valence-corrected chi connectivity index (χ0v) is 10.6. The van der Waals surface area contributed by atoms with E-state index in [2.05, 4.69) is 4.98 Å². The summed E-state index contributed by atoms with van der Waals surface area (Å²) in [6, 6.07) is 9.14. The van der Waals surface area contributed by atoms with Crippen LogP contribution in [0.2, 0.25) is 0 Å². The highest BCUT2D eigenvalue weighted by atomic mass is 32.1. The lowest BCUT2D eigenvalue weighted by Gasteiger charge is -2.07. The number of rotatable bonds is 4. The van der Waals surface area contributed by atoms with E-state index in [-0.39, 0.29) is 10.5 Å². The first kappa shape index (κ1) is 12.4. The predicted molar refractivity (Wildman–Crippen MR) is 74.5 cm³/mol. The Morgan fingerprint density at radius 1 is 1.33 bits per heavy atom. The number of aromatic nitrogens is 2. The SMILES string of the molecule is NC(=S)c1cccn(CCc2ccccn2)c1=O. The molecule has 2 aromatic rings. The van der Waals surface area contributed by atoms with E-state index in [0.29, 0.717) is 18.5 Å².